The van der Waals surface area contributed by atoms with Crippen molar-refractivity contribution in [2.75, 3.05) is 6.61 Å². The van der Waals surface area contributed by atoms with Crippen molar-refractivity contribution in [2.24, 2.45) is 0 Å². The molecule has 0 atom stereocenters. The third-order valence-electron chi connectivity index (χ3n) is 0.322. The van der Waals surface area contributed by atoms with Crippen molar-refractivity contribution in [3.63, 3.8) is 0 Å². The number of rotatable bonds is 3. The first-order chi connectivity index (χ1) is 6.06. The predicted octanol–water partition coefficient (Wildman–Crippen LogP) is 0.258. The topological polar surface area (TPSA) is 118 Å². The molecule has 0 radical (unpaired) electrons. The first-order valence-corrected chi connectivity index (χ1v) is 4.17. The van der Waals surface area contributed by atoms with Crippen LogP contribution >= 0.6 is 8.25 Å². The Kier molecular flexibility index (Phi) is 48.9. The average Bonchev–Trinajstić information content (AvgIpc) is 2.05. The zero-order valence-corrected chi connectivity index (χ0v) is 8.56. The fourth-order valence-corrected chi connectivity index (χ4v) is 0.0680. The fourth-order valence-electron chi connectivity index (χ4n) is 0.0680. The van der Waals surface area contributed by atoms with Gasteiger partial charge in [0.15, 0.2) is 0 Å². The summed E-state index contributed by atoms with van der Waals surface area (Å²) in [5.74, 6) is 0. The van der Waals surface area contributed by atoms with E-state index in [4.69, 9.17) is 19.5 Å². The highest BCUT2D eigenvalue weighted by atomic mass is 31.1. The van der Waals surface area contributed by atoms with Crippen LogP contribution in [0.3, 0.4) is 0 Å². The molecule has 0 aromatic carbocycles. The van der Waals surface area contributed by atoms with Crippen LogP contribution in [0.25, 0.3) is 0 Å². The molecule has 0 spiro atoms. The van der Waals surface area contributed by atoms with Gasteiger partial charge >= 0.3 is 8.25 Å². The second-order valence-electron chi connectivity index (χ2n) is 1.19. The Hall–Kier alpha value is -1.04. The maximum Gasteiger partial charge on any atom is 0.692 e. The number of aliphatic hydroxyl groups excluding tert-OH is 1. The smallest absolute Gasteiger partial charge is 0.474 e. The van der Waals surface area contributed by atoms with E-state index >= 15 is 0 Å². The molecule has 7 heteroatoms. The van der Waals surface area contributed by atoms with E-state index < -0.39 is 8.25 Å². The lowest BCUT2D eigenvalue weighted by molar-refractivity contribution is 0.343. The molecule has 0 amide bonds. The molecule has 5 N–H and O–H groups in total. The summed E-state index contributed by atoms with van der Waals surface area (Å²) in [6.45, 7) is 9.83. The summed E-state index contributed by atoms with van der Waals surface area (Å²) in [7, 11) is -2.87. The SMILES string of the molecule is C=CCO.C=COC=C.O.O=[P+](O)O. The molecule has 0 saturated carbocycles. The lowest BCUT2D eigenvalue weighted by atomic mass is 10.7. The van der Waals surface area contributed by atoms with E-state index in [1.165, 1.54) is 18.6 Å². The highest BCUT2D eigenvalue weighted by Crippen LogP contribution is 1.98. The lowest BCUT2D eigenvalue weighted by Gasteiger charge is -1.76. The first kappa shape index (κ1) is 23.1. The van der Waals surface area contributed by atoms with E-state index in [0.29, 0.717) is 0 Å². The molecule has 84 valence electrons. The number of aliphatic hydroxyl groups is 1. The highest BCUT2D eigenvalue weighted by molar-refractivity contribution is 7.30. The van der Waals surface area contributed by atoms with Gasteiger partial charge in [0.1, 0.15) is 0 Å². The Morgan fingerprint density at radius 2 is 1.43 bits per heavy atom. The second kappa shape index (κ2) is 29.7. The highest BCUT2D eigenvalue weighted by Gasteiger charge is 1.93. The quantitative estimate of drug-likeness (QED) is 0.363. The van der Waals surface area contributed by atoms with Crippen LogP contribution in [0, 0.1) is 0 Å². The van der Waals surface area contributed by atoms with Crippen LogP contribution in [-0.4, -0.2) is 27.0 Å². The van der Waals surface area contributed by atoms with Gasteiger partial charge in [0.05, 0.1) is 19.1 Å². The van der Waals surface area contributed by atoms with Crippen LogP contribution in [0.15, 0.2) is 38.3 Å². The minimum absolute atomic E-state index is 0. The van der Waals surface area contributed by atoms with Crippen molar-refractivity contribution in [1.82, 2.24) is 0 Å². The van der Waals surface area contributed by atoms with Crippen molar-refractivity contribution >= 4 is 8.25 Å². The van der Waals surface area contributed by atoms with Gasteiger partial charge in [0.25, 0.3) is 0 Å². The van der Waals surface area contributed by atoms with E-state index in [-0.39, 0.29) is 12.1 Å². The van der Waals surface area contributed by atoms with Gasteiger partial charge in [0, 0.05) is 4.57 Å². The average molecular weight is 227 g/mol. The van der Waals surface area contributed by atoms with Gasteiger partial charge in [-0.1, -0.05) is 19.2 Å². The molecule has 0 aliphatic rings. The minimum Gasteiger partial charge on any atom is -0.474 e. The van der Waals surface area contributed by atoms with E-state index in [1.54, 1.807) is 0 Å². The van der Waals surface area contributed by atoms with E-state index in [2.05, 4.69) is 24.5 Å². The molecule has 0 aromatic heterocycles. The van der Waals surface area contributed by atoms with Gasteiger partial charge in [-0.2, -0.15) is 0 Å². The van der Waals surface area contributed by atoms with Crippen molar-refractivity contribution < 1.29 is 29.7 Å². The maximum absolute atomic E-state index is 8.70. The molecule has 0 bridgehead atoms. The lowest BCUT2D eigenvalue weighted by Crippen LogP contribution is -1.62. The third-order valence-corrected chi connectivity index (χ3v) is 0.322. The number of hydrogen-bond acceptors (Lipinski definition) is 3. The Morgan fingerprint density at radius 3 is 1.43 bits per heavy atom. The maximum atomic E-state index is 8.70. The second-order valence-corrected chi connectivity index (χ2v) is 1.70. The van der Waals surface area contributed by atoms with Gasteiger partial charge in [0.2, 0.25) is 0 Å². The molecular weight excluding hydrogens is 211 g/mol. The third kappa shape index (κ3) is 283. The summed E-state index contributed by atoms with van der Waals surface area (Å²) in [6.07, 6.45) is 4.06. The Balaban J connectivity index is -0.0000000522. The Bertz CT molecular complexity index is 137. The van der Waals surface area contributed by atoms with Gasteiger partial charge in [-0.3, -0.25) is 0 Å². The molecule has 0 aliphatic heterocycles. The summed E-state index contributed by atoms with van der Waals surface area (Å²) in [5.41, 5.74) is 0. The molecule has 0 aliphatic carbocycles. The van der Waals surface area contributed by atoms with Crippen molar-refractivity contribution in [3.05, 3.63) is 38.3 Å². The molecule has 6 nitrogen and oxygen atoms in total. The summed E-state index contributed by atoms with van der Waals surface area (Å²) in [6, 6.07) is 0. The zero-order valence-electron chi connectivity index (χ0n) is 7.67. The van der Waals surface area contributed by atoms with Crippen LogP contribution < -0.4 is 0 Å². The van der Waals surface area contributed by atoms with Gasteiger partial charge in [-0.25, -0.2) is 0 Å². The standard InChI is InChI=1S/C4H6O.C3H6O.HO3P.H2O/c1-3-5-4-2;1-2-3-4;1-4(2)3;/h3-4H,1-2H2;2,4H,1,3H2;(H-,1,2,3);1H2/p+1. The molecule has 0 unspecified atom stereocenters. The Labute approximate surface area is 83.7 Å². The molecular formula is C7H16O6P+. The van der Waals surface area contributed by atoms with Crippen LogP contribution in [0.4, 0.5) is 0 Å². The molecule has 0 aromatic rings. The van der Waals surface area contributed by atoms with E-state index in [9.17, 15) is 0 Å². The summed E-state index contributed by atoms with van der Waals surface area (Å²) >= 11 is 0. The van der Waals surface area contributed by atoms with Crippen molar-refractivity contribution in [2.45, 2.75) is 0 Å². The summed E-state index contributed by atoms with van der Waals surface area (Å²) in [4.78, 5) is 14.2. The van der Waals surface area contributed by atoms with Crippen molar-refractivity contribution in [1.29, 1.82) is 0 Å². The predicted molar refractivity (Wildman–Crippen MR) is 54.4 cm³/mol. The van der Waals surface area contributed by atoms with E-state index in [0.717, 1.165) is 0 Å². The Morgan fingerprint density at radius 1 is 1.21 bits per heavy atom. The molecule has 0 rings (SSSR count). The van der Waals surface area contributed by atoms with Crippen LogP contribution in [0.5, 0.6) is 0 Å². The van der Waals surface area contributed by atoms with Crippen LogP contribution in [-0.2, 0) is 9.30 Å². The summed E-state index contributed by atoms with van der Waals surface area (Å²) < 4.78 is 13.1. The number of hydrogen-bond donors (Lipinski definition) is 3. The first-order valence-electron chi connectivity index (χ1n) is 3.00. The van der Waals surface area contributed by atoms with Crippen molar-refractivity contribution in [3.8, 4) is 0 Å². The molecule has 0 saturated heterocycles. The zero-order chi connectivity index (χ0) is 11.1. The molecule has 0 heterocycles. The van der Waals surface area contributed by atoms with Crippen LogP contribution in [0.1, 0.15) is 0 Å². The van der Waals surface area contributed by atoms with Gasteiger partial charge < -0.3 is 15.3 Å². The molecule has 14 heavy (non-hydrogen) atoms. The number of ether oxygens (including phenoxy) is 1. The largest absolute Gasteiger partial charge is 0.692 e. The monoisotopic (exact) mass is 227 g/mol. The van der Waals surface area contributed by atoms with Crippen LogP contribution in [0.2, 0.25) is 0 Å². The van der Waals surface area contributed by atoms with Gasteiger partial charge in [-0.15, -0.1) is 16.4 Å². The van der Waals surface area contributed by atoms with Gasteiger partial charge in [-0.05, 0) is 0 Å². The summed E-state index contributed by atoms with van der Waals surface area (Å²) in [5, 5.41) is 7.76. The molecule has 0 fully saturated rings. The fraction of sp³-hybridized carbons (Fsp3) is 0.143. The van der Waals surface area contributed by atoms with E-state index in [1.807, 2.05) is 0 Å². The minimum atomic E-state index is -2.87. The normalized spacial score (nSPS) is 5.64.